The van der Waals surface area contributed by atoms with E-state index in [0.717, 1.165) is 5.56 Å². The number of halogens is 2. The minimum atomic E-state index is -0.647. The van der Waals surface area contributed by atoms with E-state index in [9.17, 15) is 14.0 Å². The summed E-state index contributed by atoms with van der Waals surface area (Å²) in [5.41, 5.74) is 1.37. The molecule has 0 radical (unpaired) electrons. The van der Waals surface area contributed by atoms with Crippen molar-refractivity contribution in [1.29, 1.82) is 0 Å². The summed E-state index contributed by atoms with van der Waals surface area (Å²) in [5.74, 6) is -0.932. The summed E-state index contributed by atoms with van der Waals surface area (Å²) >= 11 is 5.82. The Labute approximate surface area is 157 Å². The van der Waals surface area contributed by atoms with Crippen molar-refractivity contribution in [2.45, 2.75) is 26.3 Å². The number of hydrogen-bond donors (Lipinski definition) is 2. The smallest absolute Gasteiger partial charge is 0.251 e. The first-order valence-electron chi connectivity index (χ1n) is 8.45. The molecule has 1 atom stereocenters. The lowest BCUT2D eigenvalue weighted by molar-refractivity contribution is -0.123. The van der Waals surface area contributed by atoms with Crippen molar-refractivity contribution in [3.8, 4) is 0 Å². The first-order valence-corrected chi connectivity index (χ1v) is 8.83. The molecule has 0 aliphatic rings. The van der Waals surface area contributed by atoms with Gasteiger partial charge in [-0.05, 0) is 54.3 Å². The molecule has 2 aromatic rings. The van der Waals surface area contributed by atoms with Gasteiger partial charge >= 0.3 is 0 Å². The maximum atomic E-state index is 12.9. The van der Waals surface area contributed by atoms with Gasteiger partial charge in [0.25, 0.3) is 5.91 Å². The number of benzene rings is 2. The summed E-state index contributed by atoms with van der Waals surface area (Å²) in [5, 5.41) is 6.13. The van der Waals surface area contributed by atoms with Gasteiger partial charge in [0, 0.05) is 17.1 Å². The highest BCUT2D eigenvalue weighted by Crippen LogP contribution is 2.11. The molecule has 138 valence electrons. The van der Waals surface area contributed by atoms with Crippen LogP contribution in [0.2, 0.25) is 5.02 Å². The minimum Gasteiger partial charge on any atom is -0.354 e. The van der Waals surface area contributed by atoms with Crippen molar-refractivity contribution < 1.29 is 14.0 Å². The van der Waals surface area contributed by atoms with Crippen LogP contribution < -0.4 is 10.6 Å². The van der Waals surface area contributed by atoms with Crippen LogP contribution in [0.1, 0.15) is 29.8 Å². The molecular weight excluding hydrogens is 355 g/mol. The number of hydrogen-bond acceptors (Lipinski definition) is 2. The Balaban J connectivity index is 1.90. The van der Waals surface area contributed by atoms with E-state index in [1.54, 1.807) is 36.4 Å². The van der Waals surface area contributed by atoms with E-state index in [4.69, 9.17) is 11.6 Å². The Kier molecular flexibility index (Phi) is 7.16. The number of nitrogens with one attached hydrogen (secondary N) is 2. The summed E-state index contributed by atoms with van der Waals surface area (Å²) in [6, 6.07) is 12.0. The van der Waals surface area contributed by atoms with E-state index in [1.165, 1.54) is 12.1 Å². The summed E-state index contributed by atoms with van der Waals surface area (Å²) in [6.07, 6.45) is 0.585. The van der Waals surface area contributed by atoms with Crippen LogP contribution in [0.4, 0.5) is 4.39 Å². The number of rotatable bonds is 7. The molecule has 2 amide bonds. The molecule has 2 rings (SSSR count). The van der Waals surface area contributed by atoms with Crippen LogP contribution in [0, 0.1) is 11.7 Å². The molecule has 2 N–H and O–H groups in total. The highest BCUT2D eigenvalue weighted by atomic mass is 35.5. The third-order valence-electron chi connectivity index (χ3n) is 3.97. The van der Waals surface area contributed by atoms with Gasteiger partial charge in [-0.1, -0.05) is 37.6 Å². The van der Waals surface area contributed by atoms with E-state index < -0.39 is 6.04 Å². The molecule has 0 fully saturated rings. The maximum absolute atomic E-state index is 12.9. The Hall–Kier alpha value is -2.40. The zero-order chi connectivity index (χ0) is 19.1. The molecule has 6 heteroatoms. The number of amides is 2. The van der Waals surface area contributed by atoms with E-state index in [-0.39, 0.29) is 23.5 Å². The van der Waals surface area contributed by atoms with E-state index in [1.807, 2.05) is 13.8 Å². The average molecular weight is 377 g/mol. The van der Waals surface area contributed by atoms with Crippen molar-refractivity contribution in [3.05, 3.63) is 70.5 Å². The van der Waals surface area contributed by atoms with Gasteiger partial charge in [-0.25, -0.2) is 4.39 Å². The van der Waals surface area contributed by atoms with Crippen LogP contribution in [-0.4, -0.2) is 24.4 Å². The monoisotopic (exact) mass is 376 g/mol. The first kappa shape index (κ1) is 19.9. The fourth-order valence-electron chi connectivity index (χ4n) is 2.45. The summed E-state index contributed by atoms with van der Waals surface area (Å²) < 4.78 is 12.9. The zero-order valence-corrected chi connectivity index (χ0v) is 15.5. The van der Waals surface area contributed by atoms with Crippen molar-refractivity contribution in [1.82, 2.24) is 10.6 Å². The van der Waals surface area contributed by atoms with E-state index in [0.29, 0.717) is 23.6 Å². The van der Waals surface area contributed by atoms with Crippen molar-refractivity contribution in [3.63, 3.8) is 0 Å². The van der Waals surface area contributed by atoms with Crippen LogP contribution in [-0.2, 0) is 11.2 Å². The third kappa shape index (κ3) is 5.85. The molecule has 0 aromatic heterocycles. The summed E-state index contributed by atoms with van der Waals surface area (Å²) in [4.78, 5) is 24.8. The Morgan fingerprint density at radius 1 is 1.04 bits per heavy atom. The normalized spacial score (nSPS) is 11.9. The predicted octanol–water partition coefficient (Wildman–Crippen LogP) is 3.59. The van der Waals surface area contributed by atoms with Gasteiger partial charge < -0.3 is 10.6 Å². The number of carbonyl (C=O) groups excluding carboxylic acids is 2. The average Bonchev–Trinajstić information content (AvgIpc) is 2.61. The standard InChI is InChI=1S/C20H22ClFN2O2/c1-13(2)18(24-19(25)15-5-7-16(21)8-6-15)20(26)23-12-11-14-3-9-17(22)10-4-14/h3-10,13,18H,11-12H2,1-2H3,(H,23,26)(H,24,25). The van der Waals surface area contributed by atoms with Gasteiger partial charge in [-0.15, -0.1) is 0 Å². The van der Waals surface area contributed by atoms with Crippen molar-refractivity contribution >= 4 is 23.4 Å². The lowest BCUT2D eigenvalue weighted by Crippen LogP contribution is -2.50. The van der Waals surface area contributed by atoms with Crippen LogP contribution >= 0.6 is 11.6 Å². The SMILES string of the molecule is CC(C)C(NC(=O)c1ccc(Cl)cc1)C(=O)NCCc1ccc(F)cc1. The zero-order valence-electron chi connectivity index (χ0n) is 14.8. The van der Waals surface area contributed by atoms with Gasteiger partial charge in [0.2, 0.25) is 5.91 Å². The molecule has 4 nitrogen and oxygen atoms in total. The van der Waals surface area contributed by atoms with E-state index in [2.05, 4.69) is 10.6 Å². The van der Waals surface area contributed by atoms with Gasteiger partial charge in [0.15, 0.2) is 0 Å². The van der Waals surface area contributed by atoms with Gasteiger partial charge in [0.05, 0.1) is 0 Å². The molecule has 0 aliphatic heterocycles. The van der Waals surface area contributed by atoms with Gasteiger partial charge in [-0.3, -0.25) is 9.59 Å². The first-order chi connectivity index (χ1) is 12.4. The third-order valence-corrected chi connectivity index (χ3v) is 4.22. The summed E-state index contributed by atoms with van der Waals surface area (Å²) in [6.45, 7) is 4.14. The molecule has 0 spiro atoms. The molecule has 2 aromatic carbocycles. The second-order valence-corrected chi connectivity index (χ2v) is 6.81. The predicted molar refractivity (Wildman–Crippen MR) is 101 cm³/mol. The second-order valence-electron chi connectivity index (χ2n) is 6.37. The van der Waals surface area contributed by atoms with Crippen LogP contribution in [0.25, 0.3) is 0 Å². The lowest BCUT2D eigenvalue weighted by Gasteiger charge is -2.22. The fraction of sp³-hybridized carbons (Fsp3) is 0.300. The van der Waals surface area contributed by atoms with Crippen LogP contribution in [0.3, 0.4) is 0 Å². The minimum absolute atomic E-state index is 0.0722. The Bertz CT molecular complexity index is 745. The largest absolute Gasteiger partial charge is 0.354 e. The van der Waals surface area contributed by atoms with Crippen molar-refractivity contribution in [2.24, 2.45) is 5.92 Å². The van der Waals surface area contributed by atoms with Gasteiger partial charge in [-0.2, -0.15) is 0 Å². The molecule has 0 saturated heterocycles. The molecule has 26 heavy (non-hydrogen) atoms. The molecule has 0 aliphatic carbocycles. The topological polar surface area (TPSA) is 58.2 Å². The number of carbonyl (C=O) groups is 2. The summed E-state index contributed by atoms with van der Waals surface area (Å²) in [7, 11) is 0. The molecule has 0 heterocycles. The highest BCUT2D eigenvalue weighted by molar-refractivity contribution is 6.30. The second kappa shape index (κ2) is 9.34. The quantitative estimate of drug-likeness (QED) is 0.775. The maximum Gasteiger partial charge on any atom is 0.251 e. The highest BCUT2D eigenvalue weighted by Gasteiger charge is 2.24. The van der Waals surface area contributed by atoms with Crippen LogP contribution in [0.5, 0.6) is 0 Å². The molecule has 0 bridgehead atoms. The van der Waals surface area contributed by atoms with Crippen LogP contribution in [0.15, 0.2) is 48.5 Å². The van der Waals surface area contributed by atoms with Crippen molar-refractivity contribution in [2.75, 3.05) is 6.54 Å². The Morgan fingerprint density at radius 2 is 1.65 bits per heavy atom. The van der Waals surface area contributed by atoms with Gasteiger partial charge in [0.1, 0.15) is 11.9 Å². The molecular formula is C20H22ClFN2O2. The van der Waals surface area contributed by atoms with E-state index >= 15 is 0 Å². The lowest BCUT2D eigenvalue weighted by atomic mass is 10.0. The molecule has 0 saturated carbocycles. The fourth-order valence-corrected chi connectivity index (χ4v) is 2.58. The Morgan fingerprint density at radius 3 is 2.23 bits per heavy atom. The molecule has 1 unspecified atom stereocenters.